The summed E-state index contributed by atoms with van der Waals surface area (Å²) in [5, 5.41) is 3.17. The molecule has 0 aliphatic rings. The van der Waals surface area contributed by atoms with Crippen molar-refractivity contribution in [3.05, 3.63) is 24.3 Å². The first-order valence-electron chi connectivity index (χ1n) is 6.55. The van der Waals surface area contributed by atoms with Gasteiger partial charge in [0, 0.05) is 22.9 Å². The molecule has 0 spiro atoms. The molecule has 0 aliphatic heterocycles. The molecule has 0 radical (unpaired) electrons. The highest BCUT2D eigenvalue weighted by Crippen LogP contribution is 2.24. The van der Waals surface area contributed by atoms with Crippen LogP contribution in [0.5, 0.6) is 0 Å². The molecule has 3 N–H and O–H groups in total. The highest BCUT2D eigenvalue weighted by Gasteiger charge is 2.31. The average molecular weight is 330 g/mol. The zero-order valence-corrected chi connectivity index (χ0v) is 14.3. The summed E-state index contributed by atoms with van der Waals surface area (Å²) in [4.78, 5) is 12.8. The van der Waals surface area contributed by atoms with E-state index in [1.807, 2.05) is 13.8 Å². The zero-order valence-electron chi connectivity index (χ0n) is 12.7. The van der Waals surface area contributed by atoms with Crippen LogP contribution in [0.4, 0.5) is 0 Å². The Labute approximate surface area is 130 Å². The number of carbonyl (C=O) groups is 1. The second kappa shape index (κ2) is 6.81. The number of hydrogen-bond donors (Lipinski definition) is 2. The third-order valence-corrected chi connectivity index (χ3v) is 5.39. The molecule has 5 nitrogen and oxygen atoms in total. The van der Waals surface area contributed by atoms with Crippen molar-refractivity contribution in [3.8, 4) is 0 Å². The first kappa shape index (κ1) is 18.0. The number of primary amides is 1. The van der Waals surface area contributed by atoms with Crippen LogP contribution in [0.2, 0.25) is 0 Å². The zero-order chi connectivity index (χ0) is 16.3. The smallest absolute Gasteiger partial charge is 0.238 e. The molecule has 1 amide bonds. The van der Waals surface area contributed by atoms with Crippen molar-refractivity contribution in [2.45, 2.75) is 42.1 Å². The number of hydrogen-bond acceptors (Lipinski definition) is 5. The molecule has 0 saturated carbocycles. The van der Waals surface area contributed by atoms with Gasteiger partial charge in [-0.3, -0.25) is 4.79 Å². The topological polar surface area (TPSA) is 89.3 Å². The van der Waals surface area contributed by atoms with E-state index in [9.17, 15) is 13.2 Å². The van der Waals surface area contributed by atoms with Gasteiger partial charge in [-0.2, -0.15) is 0 Å². The largest absolute Gasteiger partial charge is 0.368 e. The molecule has 1 aromatic rings. The van der Waals surface area contributed by atoms with E-state index in [2.05, 4.69) is 5.32 Å². The maximum Gasteiger partial charge on any atom is 0.238 e. The molecule has 1 aromatic carbocycles. The Morgan fingerprint density at radius 1 is 1.33 bits per heavy atom. The normalized spacial score (nSPS) is 14.9. The number of sulfone groups is 1. The van der Waals surface area contributed by atoms with Crippen molar-refractivity contribution in [1.82, 2.24) is 5.32 Å². The molecular weight excluding hydrogens is 308 g/mol. The summed E-state index contributed by atoms with van der Waals surface area (Å²) in [7, 11) is -3.19. The van der Waals surface area contributed by atoms with Gasteiger partial charge in [0.25, 0.3) is 0 Å². The molecule has 0 bridgehead atoms. The standard InChI is InChI=1S/C14H22N2O3S2/c1-10(2)16-14(3,13(15)17)9-20-11-5-7-12(8-6-11)21(4,18)19/h5-8,10,16H,9H2,1-4H3,(H2,15,17). The van der Waals surface area contributed by atoms with Gasteiger partial charge in [0.1, 0.15) is 5.54 Å². The molecule has 0 saturated heterocycles. The second-order valence-corrected chi connectivity index (χ2v) is 8.59. The van der Waals surface area contributed by atoms with Crippen LogP contribution in [0.25, 0.3) is 0 Å². The summed E-state index contributed by atoms with van der Waals surface area (Å²) in [6, 6.07) is 6.73. The molecule has 1 rings (SSSR count). The maximum atomic E-state index is 11.6. The SMILES string of the molecule is CC(C)NC(C)(CSc1ccc(S(C)(=O)=O)cc1)C(N)=O. The number of rotatable bonds is 7. The van der Waals surface area contributed by atoms with Crippen LogP contribution in [0.1, 0.15) is 20.8 Å². The summed E-state index contributed by atoms with van der Waals surface area (Å²) in [6.07, 6.45) is 1.17. The minimum atomic E-state index is -3.19. The lowest BCUT2D eigenvalue weighted by molar-refractivity contribution is -0.123. The van der Waals surface area contributed by atoms with Gasteiger partial charge < -0.3 is 11.1 Å². The van der Waals surface area contributed by atoms with Gasteiger partial charge in [0.05, 0.1) is 4.90 Å². The predicted molar refractivity (Wildman–Crippen MR) is 86.1 cm³/mol. The van der Waals surface area contributed by atoms with E-state index in [4.69, 9.17) is 5.73 Å². The van der Waals surface area contributed by atoms with E-state index < -0.39 is 21.3 Å². The van der Waals surface area contributed by atoms with Gasteiger partial charge in [0.2, 0.25) is 5.91 Å². The van der Waals surface area contributed by atoms with E-state index in [1.54, 1.807) is 31.2 Å². The van der Waals surface area contributed by atoms with Crippen molar-refractivity contribution < 1.29 is 13.2 Å². The molecule has 0 heterocycles. The van der Waals surface area contributed by atoms with E-state index >= 15 is 0 Å². The Bertz CT molecular complexity index is 597. The highest BCUT2D eigenvalue weighted by atomic mass is 32.2. The van der Waals surface area contributed by atoms with Crippen LogP contribution in [-0.2, 0) is 14.6 Å². The third-order valence-electron chi connectivity index (χ3n) is 2.93. The summed E-state index contributed by atoms with van der Waals surface area (Å²) >= 11 is 1.46. The summed E-state index contributed by atoms with van der Waals surface area (Å²) in [6.45, 7) is 5.67. The van der Waals surface area contributed by atoms with Gasteiger partial charge in [-0.25, -0.2) is 8.42 Å². The number of thioether (sulfide) groups is 1. The monoisotopic (exact) mass is 330 g/mol. The van der Waals surface area contributed by atoms with Crippen LogP contribution in [0.15, 0.2) is 34.1 Å². The third kappa shape index (κ3) is 5.33. The number of amides is 1. The lowest BCUT2D eigenvalue weighted by Crippen LogP contribution is -2.57. The number of nitrogens with one attached hydrogen (secondary N) is 1. The molecule has 7 heteroatoms. The molecule has 1 atom stereocenters. The van der Waals surface area contributed by atoms with E-state index in [-0.39, 0.29) is 10.9 Å². The lowest BCUT2D eigenvalue weighted by atomic mass is 10.0. The minimum Gasteiger partial charge on any atom is -0.368 e. The first-order chi connectivity index (χ1) is 9.54. The summed E-state index contributed by atoms with van der Waals surface area (Å²) in [5.74, 6) is 0.0649. The Morgan fingerprint density at radius 3 is 2.24 bits per heavy atom. The van der Waals surface area contributed by atoms with Gasteiger partial charge in [-0.05, 0) is 45.0 Å². The molecule has 0 fully saturated rings. The van der Waals surface area contributed by atoms with E-state index in [1.165, 1.54) is 18.0 Å². The Hall–Kier alpha value is -1.05. The molecule has 0 aliphatic carbocycles. The predicted octanol–water partition coefficient (Wildman–Crippen LogP) is 1.42. The molecular formula is C14H22N2O3S2. The fourth-order valence-electron chi connectivity index (χ4n) is 1.83. The molecule has 0 aromatic heterocycles. The Morgan fingerprint density at radius 2 is 1.86 bits per heavy atom. The number of nitrogens with two attached hydrogens (primary N) is 1. The maximum absolute atomic E-state index is 11.6. The van der Waals surface area contributed by atoms with Crippen LogP contribution >= 0.6 is 11.8 Å². The Kier molecular flexibility index (Phi) is 5.83. The van der Waals surface area contributed by atoms with Crippen molar-refractivity contribution in [2.24, 2.45) is 5.73 Å². The molecule has 118 valence electrons. The minimum absolute atomic E-state index is 0.135. The summed E-state index contributed by atoms with van der Waals surface area (Å²) < 4.78 is 22.8. The van der Waals surface area contributed by atoms with E-state index in [0.717, 1.165) is 4.90 Å². The van der Waals surface area contributed by atoms with Crippen molar-refractivity contribution in [2.75, 3.05) is 12.0 Å². The Balaban J connectivity index is 2.79. The van der Waals surface area contributed by atoms with Crippen molar-refractivity contribution >= 4 is 27.5 Å². The fourth-order valence-corrected chi connectivity index (χ4v) is 3.47. The number of carbonyl (C=O) groups excluding carboxylic acids is 1. The van der Waals surface area contributed by atoms with Crippen LogP contribution < -0.4 is 11.1 Å². The van der Waals surface area contributed by atoms with Gasteiger partial charge >= 0.3 is 0 Å². The molecule has 1 unspecified atom stereocenters. The van der Waals surface area contributed by atoms with Crippen molar-refractivity contribution in [3.63, 3.8) is 0 Å². The second-order valence-electron chi connectivity index (χ2n) is 5.53. The van der Waals surface area contributed by atoms with Crippen LogP contribution in [0.3, 0.4) is 0 Å². The van der Waals surface area contributed by atoms with Gasteiger partial charge in [-0.15, -0.1) is 11.8 Å². The number of benzene rings is 1. The summed E-state index contributed by atoms with van der Waals surface area (Å²) in [5.41, 5.74) is 4.66. The van der Waals surface area contributed by atoms with Gasteiger partial charge in [0.15, 0.2) is 9.84 Å². The highest BCUT2D eigenvalue weighted by molar-refractivity contribution is 7.99. The van der Waals surface area contributed by atoms with Crippen LogP contribution in [0, 0.1) is 0 Å². The first-order valence-corrected chi connectivity index (χ1v) is 9.43. The fraction of sp³-hybridized carbons (Fsp3) is 0.500. The quantitative estimate of drug-likeness (QED) is 0.738. The van der Waals surface area contributed by atoms with E-state index in [0.29, 0.717) is 5.75 Å². The van der Waals surface area contributed by atoms with Gasteiger partial charge in [-0.1, -0.05) is 0 Å². The molecule has 21 heavy (non-hydrogen) atoms. The van der Waals surface area contributed by atoms with Crippen molar-refractivity contribution in [1.29, 1.82) is 0 Å². The average Bonchev–Trinajstić information content (AvgIpc) is 2.35. The van der Waals surface area contributed by atoms with Crippen LogP contribution in [-0.4, -0.2) is 37.9 Å². The lowest BCUT2D eigenvalue weighted by Gasteiger charge is -2.29.